The lowest BCUT2D eigenvalue weighted by molar-refractivity contribution is -0.0439. The lowest BCUT2D eigenvalue weighted by Crippen LogP contribution is -2.49. The summed E-state index contributed by atoms with van der Waals surface area (Å²) in [7, 11) is 0. The molecule has 2 unspecified atom stereocenters. The zero-order valence-corrected chi connectivity index (χ0v) is 20.3. The number of aromatic nitrogens is 1. The summed E-state index contributed by atoms with van der Waals surface area (Å²) >= 11 is 0. The molecule has 5 nitrogen and oxygen atoms in total. The van der Waals surface area contributed by atoms with Gasteiger partial charge in [-0.15, -0.1) is 0 Å². The fourth-order valence-corrected chi connectivity index (χ4v) is 6.40. The second kappa shape index (κ2) is 9.83. The number of pyridine rings is 1. The lowest BCUT2D eigenvalue weighted by Gasteiger charge is -2.50. The van der Waals surface area contributed by atoms with Crippen molar-refractivity contribution < 1.29 is 9.50 Å². The van der Waals surface area contributed by atoms with Crippen LogP contribution in [0.2, 0.25) is 0 Å². The van der Waals surface area contributed by atoms with Gasteiger partial charge in [0.15, 0.2) is 0 Å². The molecule has 184 valence electrons. The topological polar surface area (TPSA) is 92.8 Å². The molecule has 0 saturated heterocycles. The number of halogens is 1. The molecule has 3 atom stereocenters. The van der Waals surface area contributed by atoms with E-state index >= 15 is 0 Å². The third-order valence-electron chi connectivity index (χ3n) is 8.16. The molecule has 3 aromatic rings. The molecule has 0 bridgehead atoms. The zero-order chi connectivity index (χ0) is 25.2. The van der Waals surface area contributed by atoms with Gasteiger partial charge in [-0.05, 0) is 111 Å². The maximum atomic E-state index is 13.4. The Hall–Kier alpha value is -3.56. The molecule has 36 heavy (non-hydrogen) atoms. The lowest BCUT2D eigenvalue weighted by atomic mass is 9.56. The van der Waals surface area contributed by atoms with Gasteiger partial charge in [0.1, 0.15) is 5.82 Å². The highest BCUT2D eigenvalue weighted by molar-refractivity contribution is 5.88. The largest absolute Gasteiger partial charge is 0.389 e. The van der Waals surface area contributed by atoms with Crippen LogP contribution in [0.15, 0.2) is 60.8 Å². The van der Waals surface area contributed by atoms with Crippen LogP contribution in [0, 0.1) is 28.5 Å². The first-order chi connectivity index (χ1) is 17.4. The van der Waals surface area contributed by atoms with Gasteiger partial charge < -0.3 is 15.8 Å². The summed E-state index contributed by atoms with van der Waals surface area (Å²) in [6.07, 6.45) is 8.91. The molecule has 3 N–H and O–H groups in total. The van der Waals surface area contributed by atoms with Gasteiger partial charge in [-0.2, -0.15) is 5.26 Å². The summed E-state index contributed by atoms with van der Waals surface area (Å²) in [5, 5.41) is 32.2. The van der Waals surface area contributed by atoms with E-state index in [4.69, 9.17) is 5.41 Å². The Bertz CT molecular complexity index is 1290. The standard InChI is InChI=1S/C30H31FN4O/c31-24-7-9-25(10-8-24)35-28-17-21-4-3-5-23-18-29(36,13-14-32)11-12-30(23,27(21)16-22(28)20-33)19-26-6-1-2-15-34-26/h1-2,6-10,15-17,20,23,33,35-36H,3-5,11-13,18-19H2/t23?,29-,30?/m0/s1. The van der Waals surface area contributed by atoms with Crippen LogP contribution in [-0.4, -0.2) is 21.9 Å². The van der Waals surface area contributed by atoms with Crippen molar-refractivity contribution in [2.24, 2.45) is 5.92 Å². The first-order valence-corrected chi connectivity index (χ1v) is 12.6. The van der Waals surface area contributed by atoms with Crippen LogP contribution in [0.3, 0.4) is 0 Å². The van der Waals surface area contributed by atoms with Crippen molar-refractivity contribution in [2.75, 3.05) is 5.32 Å². The summed E-state index contributed by atoms with van der Waals surface area (Å²) in [5.74, 6) is -0.0757. The summed E-state index contributed by atoms with van der Waals surface area (Å²) in [6.45, 7) is 0. The van der Waals surface area contributed by atoms with Crippen molar-refractivity contribution in [2.45, 2.75) is 62.4 Å². The van der Waals surface area contributed by atoms with Crippen LogP contribution >= 0.6 is 0 Å². The SMILES string of the molecule is N#CC[C@@]1(O)CCC2(Cc3ccccn3)c3cc(C=N)c(Nc4ccc(F)cc4)cc3CCCC2C1. The molecule has 5 rings (SSSR count). The van der Waals surface area contributed by atoms with E-state index in [9.17, 15) is 14.8 Å². The monoisotopic (exact) mass is 482 g/mol. The zero-order valence-electron chi connectivity index (χ0n) is 20.3. The molecule has 1 saturated carbocycles. The Morgan fingerprint density at radius 2 is 2.03 bits per heavy atom. The normalized spacial score (nSPS) is 25.1. The highest BCUT2D eigenvalue weighted by atomic mass is 19.1. The number of anilines is 2. The predicted molar refractivity (Wildman–Crippen MR) is 139 cm³/mol. The van der Waals surface area contributed by atoms with E-state index in [1.165, 1.54) is 29.5 Å². The fourth-order valence-electron chi connectivity index (χ4n) is 6.40. The number of nitrogens with zero attached hydrogens (tertiary/aromatic N) is 2. The summed E-state index contributed by atoms with van der Waals surface area (Å²) in [5.41, 5.74) is 4.70. The molecular weight excluding hydrogens is 451 g/mol. The van der Waals surface area contributed by atoms with Gasteiger partial charge in [-0.1, -0.05) is 6.07 Å². The van der Waals surface area contributed by atoms with E-state index < -0.39 is 5.60 Å². The van der Waals surface area contributed by atoms with Crippen LogP contribution in [0.1, 0.15) is 60.9 Å². The fraction of sp³-hybridized carbons (Fsp3) is 0.367. The van der Waals surface area contributed by atoms with Crippen molar-refractivity contribution in [3.05, 3.63) is 89.0 Å². The van der Waals surface area contributed by atoms with Crippen LogP contribution in [-0.2, 0) is 18.3 Å². The number of aliphatic hydroxyl groups is 1. The van der Waals surface area contributed by atoms with E-state index in [1.807, 2.05) is 18.3 Å². The minimum absolute atomic E-state index is 0.155. The number of nitriles is 1. The second-order valence-electron chi connectivity index (χ2n) is 10.4. The van der Waals surface area contributed by atoms with Gasteiger partial charge in [-0.3, -0.25) is 4.98 Å². The number of nitrogens with one attached hydrogen (secondary N) is 2. The molecule has 2 aliphatic rings. The van der Waals surface area contributed by atoms with Crippen molar-refractivity contribution >= 4 is 17.6 Å². The molecule has 1 aromatic heterocycles. The number of rotatable bonds is 6. The van der Waals surface area contributed by atoms with Crippen molar-refractivity contribution in [1.82, 2.24) is 4.98 Å². The summed E-state index contributed by atoms with van der Waals surface area (Å²) < 4.78 is 13.4. The molecule has 1 fully saturated rings. The van der Waals surface area contributed by atoms with E-state index in [-0.39, 0.29) is 23.6 Å². The minimum atomic E-state index is -0.952. The molecule has 2 aliphatic carbocycles. The van der Waals surface area contributed by atoms with Gasteiger partial charge in [0.25, 0.3) is 0 Å². The van der Waals surface area contributed by atoms with Crippen LogP contribution in [0.4, 0.5) is 15.8 Å². The molecule has 6 heteroatoms. The highest BCUT2D eigenvalue weighted by Gasteiger charge is 2.51. The molecule has 1 heterocycles. The third kappa shape index (κ3) is 4.64. The maximum Gasteiger partial charge on any atom is 0.123 e. The van der Waals surface area contributed by atoms with Crippen LogP contribution in [0.25, 0.3) is 0 Å². The van der Waals surface area contributed by atoms with Crippen LogP contribution in [0.5, 0.6) is 0 Å². The Kier molecular flexibility index (Phi) is 6.59. The number of fused-ring (bicyclic) bond motifs is 3. The number of hydrogen-bond donors (Lipinski definition) is 3. The second-order valence-corrected chi connectivity index (χ2v) is 10.4. The Labute approximate surface area is 211 Å². The quantitative estimate of drug-likeness (QED) is 0.364. The molecule has 0 radical (unpaired) electrons. The van der Waals surface area contributed by atoms with E-state index in [1.54, 1.807) is 12.1 Å². The van der Waals surface area contributed by atoms with Crippen LogP contribution < -0.4 is 5.32 Å². The average molecular weight is 483 g/mol. The number of hydrogen-bond acceptors (Lipinski definition) is 5. The van der Waals surface area contributed by atoms with Crippen molar-refractivity contribution in [1.29, 1.82) is 10.7 Å². The smallest absolute Gasteiger partial charge is 0.123 e. The maximum absolute atomic E-state index is 13.4. The van der Waals surface area contributed by atoms with Gasteiger partial charge in [-0.25, -0.2) is 4.39 Å². The Balaban J connectivity index is 1.61. The third-order valence-corrected chi connectivity index (χ3v) is 8.16. The molecule has 2 aromatic carbocycles. The van der Waals surface area contributed by atoms with E-state index in [0.29, 0.717) is 12.8 Å². The highest BCUT2D eigenvalue weighted by Crippen LogP contribution is 2.54. The first-order valence-electron chi connectivity index (χ1n) is 12.6. The van der Waals surface area contributed by atoms with Crippen molar-refractivity contribution in [3.63, 3.8) is 0 Å². The molecule has 0 spiro atoms. The van der Waals surface area contributed by atoms with Gasteiger partial charge in [0.05, 0.1) is 18.1 Å². The summed E-state index contributed by atoms with van der Waals surface area (Å²) in [4.78, 5) is 4.66. The minimum Gasteiger partial charge on any atom is -0.389 e. The van der Waals surface area contributed by atoms with Gasteiger partial charge in [0.2, 0.25) is 0 Å². The first kappa shape index (κ1) is 24.1. The average Bonchev–Trinajstić information content (AvgIpc) is 3.02. The number of aryl methyl sites for hydroxylation is 1. The molecular formula is C30H31FN4O. The summed E-state index contributed by atoms with van der Waals surface area (Å²) in [6, 6.07) is 18.7. The van der Waals surface area contributed by atoms with Gasteiger partial charge >= 0.3 is 0 Å². The Morgan fingerprint density at radius 1 is 1.19 bits per heavy atom. The van der Waals surface area contributed by atoms with Gasteiger partial charge in [0, 0.05) is 40.5 Å². The van der Waals surface area contributed by atoms with E-state index in [0.717, 1.165) is 54.7 Å². The van der Waals surface area contributed by atoms with Crippen molar-refractivity contribution in [3.8, 4) is 6.07 Å². The van der Waals surface area contributed by atoms with E-state index in [2.05, 4.69) is 34.6 Å². The molecule has 0 amide bonds. The number of benzene rings is 2. The Morgan fingerprint density at radius 3 is 2.75 bits per heavy atom. The molecule has 0 aliphatic heterocycles. The predicted octanol–water partition coefficient (Wildman–Crippen LogP) is 6.22.